The smallest absolute Gasteiger partial charge is 0.179 e. The summed E-state index contributed by atoms with van der Waals surface area (Å²) in [6.07, 6.45) is 1.84. The Morgan fingerprint density at radius 3 is 3.06 bits per heavy atom. The lowest BCUT2D eigenvalue weighted by Crippen LogP contribution is -2.10. The van der Waals surface area contributed by atoms with E-state index in [1.807, 2.05) is 24.5 Å². The highest BCUT2D eigenvalue weighted by molar-refractivity contribution is 7.71. The fourth-order valence-electron chi connectivity index (χ4n) is 1.61. The molecule has 0 aliphatic heterocycles. The molecule has 2 aromatic heterocycles. The predicted molar refractivity (Wildman–Crippen MR) is 71.0 cm³/mol. The second kappa shape index (κ2) is 5.16. The summed E-state index contributed by atoms with van der Waals surface area (Å²) in [7, 11) is 0. The van der Waals surface area contributed by atoms with Gasteiger partial charge in [-0.05, 0) is 32.1 Å². The number of hydrogen-bond acceptors (Lipinski definition) is 3. The van der Waals surface area contributed by atoms with Crippen LogP contribution < -0.4 is 0 Å². The number of nitrogens with one attached hydrogen (secondary N) is 1. The monoisotopic (exact) mass is 271 g/mol. The minimum absolute atomic E-state index is 0.219. The summed E-state index contributed by atoms with van der Waals surface area (Å²) in [5, 5.41) is 0.597. The van der Waals surface area contributed by atoms with Crippen molar-refractivity contribution in [1.82, 2.24) is 14.5 Å². The first-order valence-corrected chi connectivity index (χ1v) is 6.22. The zero-order valence-electron chi connectivity index (χ0n) is 9.74. The lowest BCUT2D eigenvalue weighted by Gasteiger charge is -2.08. The van der Waals surface area contributed by atoms with Gasteiger partial charge >= 0.3 is 0 Å². The average molecular weight is 272 g/mol. The van der Waals surface area contributed by atoms with E-state index >= 15 is 0 Å². The number of ether oxygens (including phenoxy) is 1. The Labute approximate surface area is 110 Å². The first-order valence-electron chi connectivity index (χ1n) is 5.43. The molecule has 0 saturated carbocycles. The average Bonchev–Trinajstić information content (AvgIpc) is 2.54. The highest BCUT2D eigenvalue weighted by Gasteiger charge is 2.06. The molecule has 0 atom stereocenters. The lowest BCUT2D eigenvalue weighted by molar-refractivity contribution is 0.0730. The molecule has 0 aliphatic carbocycles. The van der Waals surface area contributed by atoms with Crippen LogP contribution in [-0.2, 0) is 11.3 Å². The maximum atomic E-state index is 5.88. The molecular formula is C11H14ClN3OS. The number of fused-ring (bicyclic) bond motifs is 1. The molecule has 0 aliphatic rings. The number of aromatic amines is 1. The van der Waals surface area contributed by atoms with Crippen LogP contribution in [0.1, 0.15) is 13.8 Å². The standard InChI is InChI=1S/C11H14ClN3OS/c1-7(2)16-4-3-15-10-9(14-11(15)17)5-8(12)6-13-10/h5-7H,3-4H2,1-2H3,(H,14,17). The van der Waals surface area contributed by atoms with Crippen molar-refractivity contribution >= 4 is 35.0 Å². The summed E-state index contributed by atoms with van der Waals surface area (Å²) in [5.41, 5.74) is 1.67. The van der Waals surface area contributed by atoms with E-state index in [-0.39, 0.29) is 6.10 Å². The molecule has 2 heterocycles. The van der Waals surface area contributed by atoms with Crippen LogP contribution in [0.15, 0.2) is 12.3 Å². The Kier molecular flexibility index (Phi) is 3.81. The van der Waals surface area contributed by atoms with Crippen LogP contribution in [-0.4, -0.2) is 27.2 Å². The van der Waals surface area contributed by atoms with E-state index in [4.69, 9.17) is 28.6 Å². The van der Waals surface area contributed by atoms with Gasteiger partial charge in [0, 0.05) is 6.20 Å². The Hall–Kier alpha value is -0.910. The number of imidazole rings is 1. The van der Waals surface area contributed by atoms with Crippen LogP contribution in [0, 0.1) is 4.77 Å². The largest absolute Gasteiger partial charge is 0.377 e. The molecule has 1 N–H and O–H groups in total. The van der Waals surface area contributed by atoms with Crippen LogP contribution in [0.2, 0.25) is 5.02 Å². The Morgan fingerprint density at radius 2 is 2.35 bits per heavy atom. The van der Waals surface area contributed by atoms with E-state index in [1.165, 1.54) is 0 Å². The summed E-state index contributed by atoms with van der Waals surface area (Å²) < 4.78 is 8.07. The zero-order valence-corrected chi connectivity index (χ0v) is 11.3. The SMILES string of the molecule is CC(C)OCCn1c(=S)[nH]c2cc(Cl)cnc21. The van der Waals surface area contributed by atoms with E-state index in [1.54, 1.807) is 6.20 Å². The fourth-order valence-corrected chi connectivity index (χ4v) is 2.05. The fraction of sp³-hybridized carbons (Fsp3) is 0.455. The van der Waals surface area contributed by atoms with Crippen molar-refractivity contribution in [3.8, 4) is 0 Å². The molecule has 2 rings (SSSR count). The van der Waals surface area contributed by atoms with Crippen molar-refractivity contribution in [3.05, 3.63) is 22.1 Å². The lowest BCUT2D eigenvalue weighted by atomic mass is 10.4. The zero-order chi connectivity index (χ0) is 12.4. The summed E-state index contributed by atoms with van der Waals surface area (Å²) in [6, 6.07) is 1.82. The van der Waals surface area contributed by atoms with Crippen LogP contribution >= 0.6 is 23.8 Å². The van der Waals surface area contributed by atoms with Gasteiger partial charge in [0.2, 0.25) is 0 Å². The second-order valence-corrected chi connectivity index (χ2v) is 4.85. The van der Waals surface area contributed by atoms with Crippen molar-refractivity contribution in [2.45, 2.75) is 26.5 Å². The third-order valence-corrected chi connectivity index (χ3v) is 2.87. The first kappa shape index (κ1) is 12.5. The maximum Gasteiger partial charge on any atom is 0.179 e. The normalized spacial score (nSPS) is 11.5. The van der Waals surface area contributed by atoms with Gasteiger partial charge in [0.1, 0.15) is 0 Å². The molecule has 0 radical (unpaired) electrons. The van der Waals surface area contributed by atoms with E-state index in [0.717, 1.165) is 11.2 Å². The van der Waals surface area contributed by atoms with Crippen molar-refractivity contribution in [1.29, 1.82) is 0 Å². The van der Waals surface area contributed by atoms with Crippen molar-refractivity contribution < 1.29 is 4.74 Å². The minimum Gasteiger partial charge on any atom is -0.377 e. The molecule has 2 aromatic rings. The van der Waals surface area contributed by atoms with Gasteiger partial charge in [-0.1, -0.05) is 11.6 Å². The molecular weight excluding hydrogens is 258 g/mol. The molecule has 0 saturated heterocycles. The van der Waals surface area contributed by atoms with Gasteiger partial charge in [-0.25, -0.2) is 4.98 Å². The second-order valence-electron chi connectivity index (χ2n) is 4.03. The van der Waals surface area contributed by atoms with Crippen LogP contribution in [0.5, 0.6) is 0 Å². The van der Waals surface area contributed by atoms with Gasteiger partial charge in [-0.2, -0.15) is 0 Å². The molecule has 0 unspecified atom stereocenters. The molecule has 0 bridgehead atoms. The number of halogens is 1. The number of rotatable bonds is 4. The van der Waals surface area contributed by atoms with Gasteiger partial charge in [0.05, 0.1) is 29.8 Å². The Morgan fingerprint density at radius 1 is 1.59 bits per heavy atom. The third-order valence-electron chi connectivity index (χ3n) is 2.34. The number of H-pyrrole nitrogens is 1. The summed E-state index contributed by atoms with van der Waals surface area (Å²) >= 11 is 11.1. The highest BCUT2D eigenvalue weighted by atomic mass is 35.5. The third kappa shape index (κ3) is 2.86. The Bertz CT molecular complexity index is 576. The highest BCUT2D eigenvalue weighted by Crippen LogP contribution is 2.16. The van der Waals surface area contributed by atoms with Crippen LogP contribution in [0.3, 0.4) is 0 Å². The molecule has 17 heavy (non-hydrogen) atoms. The van der Waals surface area contributed by atoms with Crippen molar-refractivity contribution in [2.75, 3.05) is 6.61 Å². The summed E-state index contributed by atoms with van der Waals surface area (Å²) in [6.45, 7) is 5.31. The number of aromatic nitrogens is 3. The number of pyridine rings is 1. The molecule has 4 nitrogen and oxygen atoms in total. The quantitative estimate of drug-likeness (QED) is 0.869. The van der Waals surface area contributed by atoms with Gasteiger partial charge in [0.15, 0.2) is 10.4 Å². The first-order chi connectivity index (χ1) is 8.08. The van der Waals surface area contributed by atoms with Crippen LogP contribution in [0.25, 0.3) is 11.2 Å². The van der Waals surface area contributed by atoms with Gasteiger partial charge in [-0.15, -0.1) is 0 Å². The van der Waals surface area contributed by atoms with Gasteiger partial charge in [0.25, 0.3) is 0 Å². The molecule has 0 spiro atoms. The summed E-state index contributed by atoms with van der Waals surface area (Å²) in [5.74, 6) is 0. The molecule has 0 fully saturated rings. The van der Waals surface area contributed by atoms with Crippen molar-refractivity contribution in [3.63, 3.8) is 0 Å². The predicted octanol–water partition coefficient (Wildman–Crippen LogP) is 3.17. The Balaban J connectivity index is 2.27. The molecule has 92 valence electrons. The van der Waals surface area contributed by atoms with Gasteiger partial charge in [-0.3, -0.25) is 4.57 Å². The van der Waals surface area contributed by atoms with Crippen molar-refractivity contribution in [2.24, 2.45) is 0 Å². The van der Waals surface area contributed by atoms with E-state index in [2.05, 4.69) is 9.97 Å². The van der Waals surface area contributed by atoms with E-state index in [0.29, 0.717) is 22.9 Å². The molecule has 6 heteroatoms. The molecule has 0 amide bonds. The molecule has 0 aromatic carbocycles. The van der Waals surface area contributed by atoms with E-state index in [9.17, 15) is 0 Å². The maximum absolute atomic E-state index is 5.88. The van der Waals surface area contributed by atoms with Crippen LogP contribution in [0.4, 0.5) is 0 Å². The van der Waals surface area contributed by atoms with Gasteiger partial charge < -0.3 is 9.72 Å². The number of hydrogen-bond donors (Lipinski definition) is 1. The number of nitrogens with zero attached hydrogens (tertiary/aromatic N) is 2. The topological polar surface area (TPSA) is 42.8 Å². The van der Waals surface area contributed by atoms with E-state index < -0.39 is 0 Å². The minimum atomic E-state index is 0.219. The summed E-state index contributed by atoms with van der Waals surface area (Å²) in [4.78, 5) is 7.36.